The number of nitrogens with zero attached hydrogens (tertiary/aromatic N) is 2. The number of benzene rings is 1. The average Bonchev–Trinajstić information content (AvgIpc) is 2.76. The Bertz CT molecular complexity index is 624. The topological polar surface area (TPSA) is 49.9 Å². The average molecular weight is 318 g/mol. The summed E-state index contributed by atoms with van der Waals surface area (Å²) >= 11 is 1.01. The minimum absolute atomic E-state index is 0.199. The molecule has 0 aromatic heterocycles. The van der Waals surface area contributed by atoms with Crippen molar-refractivity contribution in [2.45, 2.75) is 6.92 Å². The molecule has 0 N–H and O–H groups in total. The van der Waals surface area contributed by atoms with Crippen LogP contribution in [-0.4, -0.2) is 53.9 Å². The Kier molecular flexibility index (Phi) is 4.61. The van der Waals surface area contributed by atoms with E-state index in [1.807, 2.05) is 31.2 Å². The molecule has 0 bridgehead atoms. The first-order valence-corrected chi connectivity index (χ1v) is 8.07. The van der Waals surface area contributed by atoms with E-state index in [1.165, 1.54) is 4.90 Å². The Balaban J connectivity index is 1.73. The molecule has 0 saturated carbocycles. The molecule has 0 atom stereocenters. The second-order valence-electron chi connectivity index (χ2n) is 5.40. The predicted molar refractivity (Wildman–Crippen MR) is 86.2 cm³/mol. The Hall–Kier alpha value is -1.63. The number of aryl methyl sites for hydroxylation is 1. The van der Waals surface area contributed by atoms with E-state index in [2.05, 4.69) is 4.90 Å². The van der Waals surface area contributed by atoms with E-state index in [4.69, 9.17) is 4.74 Å². The van der Waals surface area contributed by atoms with Crippen LogP contribution >= 0.6 is 11.8 Å². The van der Waals surface area contributed by atoms with E-state index in [-0.39, 0.29) is 11.1 Å². The maximum Gasteiger partial charge on any atom is 0.294 e. The molecule has 2 saturated heterocycles. The summed E-state index contributed by atoms with van der Waals surface area (Å²) in [5, 5.41) is -0.199. The van der Waals surface area contributed by atoms with Crippen LogP contribution in [0.3, 0.4) is 0 Å². The third-order valence-electron chi connectivity index (χ3n) is 3.66. The normalized spacial score (nSPS) is 21.9. The van der Waals surface area contributed by atoms with Gasteiger partial charge in [0, 0.05) is 13.1 Å². The number of carbonyl (C=O) groups excluding carboxylic acids is 2. The number of amides is 2. The zero-order chi connectivity index (χ0) is 15.5. The molecule has 0 aliphatic carbocycles. The third-order valence-corrected chi connectivity index (χ3v) is 4.57. The molecule has 5 nitrogen and oxygen atoms in total. The van der Waals surface area contributed by atoms with Crippen LogP contribution in [0.25, 0.3) is 6.08 Å². The van der Waals surface area contributed by atoms with Gasteiger partial charge in [-0.05, 0) is 30.3 Å². The highest BCUT2D eigenvalue weighted by Crippen LogP contribution is 2.32. The fraction of sp³-hybridized carbons (Fsp3) is 0.375. The zero-order valence-electron chi connectivity index (χ0n) is 12.4. The number of thioether (sulfide) groups is 1. The van der Waals surface area contributed by atoms with Gasteiger partial charge in [-0.3, -0.25) is 19.4 Å². The van der Waals surface area contributed by atoms with Gasteiger partial charge in [0.25, 0.3) is 11.1 Å². The van der Waals surface area contributed by atoms with Gasteiger partial charge in [-0.1, -0.05) is 29.8 Å². The second-order valence-corrected chi connectivity index (χ2v) is 6.39. The monoisotopic (exact) mass is 318 g/mol. The van der Waals surface area contributed by atoms with E-state index in [0.29, 0.717) is 24.8 Å². The van der Waals surface area contributed by atoms with Crippen LogP contribution in [-0.2, 0) is 9.53 Å². The fourth-order valence-electron chi connectivity index (χ4n) is 2.48. The summed E-state index contributed by atoms with van der Waals surface area (Å²) in [5.41, 5.74) is 2.07. The van der Waals surface area contributed by atoms with Crippen molar-refractivity contribution in [3.05, 3.63) is 40.3 Å². The van der Waals surface area contributed by atoms with Gasteiger partial charge in [-0.25, -0.2) is 0 Å². The highest BCUT2D eigenvalue weighted by atomic mass is 32.2. The Labute approximate surface area is 133 Å². The summed E-state index contributed by atoms with van der Waals surface area (Å²) in [6.07, 6.45) is 1.79. The van der Waals surface area contributed by atoms with E-state index in [9.17, 15) is 9.59 Å². The van der Waals surface area contributed by atoms with E-state index in [1.54, 1.807) is 6.08 Å². The number of hydrogen-bond donors (Lipinski definition) is 0. The van der Waals surface area contributed by atoms with Crippen molar-refractivity contribution in [3.63, 3.8) is 0 Å². The lowest BCUT2D eigenvalue weighted by molar-refractivity contribution is -0.125. The molecule has 2 aliphatic rings. The van der Waals surface area contributed by atoms with Crippen LogP contribution in [0.15, 0.2) is 29.2 Å². The molecule has 6 heteroatoms. The summed E-state index contributed by atoms with van der Waals surface area (Å²) in [5.74, 6) is -0.206. The van der Waals surface area contributed by atoms with Crippen LogP contribution in [0.2, 0.25) is 0 Å². The van der Waals surface area contributed by atoms with Gasteiger partial charge in [0.15, 0.2) is 0 Å². The number of rotatable bonds is 3. The smallest absolute Gasteiger partial charge is 0.294 e. The minimum atomic E-state index is -0.206. The van der Waals surface area contributed by atoms with Crippen molar-refractivity contribution in [2.75, 3.05) is 33.0 Å². The molecule has 1 aromatic rings. The Morgan fingerprint density at radius 3 is 2.77 bits per heavy atom. The molecule has 2 fully saturated rings. The number of hydrogen-bond acceptors (Lipinski definition) is 5. The molecular formula is C16H18N2O3S. The van der Waals surface area contributed by atoms with Gasteiger partial charge >= 0.3 is 0 Å². The lowest BCUT2D eigenvalue weighted by Crippen LogP contribution is -2.45. The maximum atomic E-state index is 12.4. The number of imide groups is 1. The molecular weight excluding hydrogens is 300 g/mol. The molecule has 116 valence electrons. The van der Waals surface area contributed by atoms with Gasteiger partial charge in [-0.15, -0.1) is 0 Å². The fourth-order valence-corrected chi connectivity index (χ4v) is 3.31. The summed E-state index contributed by atoms with van der Waals surface area (Å²) in [7, 11) is 0. The van der Waals surface area contributed by atoms with Crippen LogP contribution in [0.1, 0.15) is 11.1 Å². The summed E-state index contributed by atoms with van der Waals surface area (Å²) in [6, 6.07) is 7.87. The van der Waals surface area contributed by atoms with Crippen molar-refractivity contribution in [1.82, 2.24) is 9.80 Å². The predicted octanol–water partition coefficient (Wildman–Crippen LogP) is 2.32. The van der Waals surface area contributed by atoms with Gasteiger partial charge in [0.1, 0.15) is 0 Å². The summed E-state index contributed by atoms with van der Waals surface area (Å²) in [4.78, 5) is 28.4. The Morgan fingerprint density at radius 1 is 1.27 bits per heavy atom. The number of ether oxygens (including phenoxy) is 1. The highest BCUT2D eigenvalue weighted by Gasteiger charge is 2.36. The lowest BCUT2D eigenvalue weighted by atomic mass is 10.1. The van der Waals surface area contributed by atoms with Crippen molar-refractivity contribution >= 4 is 29.0 Å². The Morgan fingerprint density at radius 2 is 2.05 bits per heavy atom. The number of carbonyl (C=O) groups is 2. The van der Waals surface area contributed by atoms with Crippen molar-refractivity contribution in [1.29, 1.82) is 0 Å². The molecule has 0 radical (unpaired) electrons. The first-order chi connectivity index (χ1) is 10.6. The molecule has 2 amide bonds. The first-order valence-electron chi connectivity index (χ1n) is 7.25. The van der Waals surface area contributed by atoms with Gasteiger partial charge < -0.3 is 4.74 Å². The summed E-state index contributed by atoms with van der Waals surface area (Å²) in [6.45, 7) is 5.14. The molecule has 22 heavy (non-hydrogen) atoms. The third kappa shape index (κ3) is 3.40. The second kappa shape index (κ2) is 6.64. The molecule has 0 unspecified atom stereocenters. The van der Waals surface area contributed by atoms with Crippen LogP contribution in [0.4, 0.5) is 4.79 Å². The van der Waals surface area contributed by atoms with Crippen molar-refractivity contribution in [2.24, 2.45) is 0 Å². The lowest BCUT2D eigenvalue weighted by Gasteiger charge is -2.29. The highest BCUT2D eigenvalue weighted by molar-refractivity contribution is 8.18. The molecule has 2 aliphatic heterocycles. The maximum absolute atomic E-state index is 12.4. The minimum Gasteiger partial charge on any atom is -0.379 e. The van der Waals surface area contributed by atoms with Crippen molar-refractivity contribution < 1.29 is 14.3 Å². The first kappa shape index (κ1) is 15.3. The van der Waals surface area contributed by atoms with Crippen molar-refractivity contribution in [3.8, 4) is 0 Å². The molecule has 3 rings (SSSR count). The van der Waals surface area contributed by atoms with E-state index in [0.717, 1.165) is 36.0 Å². The molecule has 1 aromatic carbocycles. The SMILES string of the molecule is Cc1cccc(/C=C2\SC(=O)N(CN3CCOCC3)C2=O)c1. The molecule has 0 spiro atoms. The summed E-state index contributed by atoms with van der Waals surface area (Å²) < 4.78 is 5.28. The quantitative estimate of drug-likeness (QED) is 0.801. The molecule has 2 heterocycles. The van der Waals surface area contributed by atoms with E-state index < -0.39 is 0 Å². The van der Waals surface area contributed by atoms with Gasteiger partial charge in [-0.2, -0.15) is 0 Å². The zero-order valence-corrected chi connectivity index (χ0v) is 13.3. The van der Waals surface area contributed by atoms with Crippen LogP contribution in [0, 0.1) is 6.92 Å². The van der Waals surface area contributed by atoms with Crippen LogP contribution in [0.5, 0.6) is 0 Å². The van der Waals surface area contributed by atoms with E-state index >= 15 is 0 Å². The largest absolute Gasteiger partial charge is 0.379 e. The number of morpholine rings is 1. The van der Waals surface area contributed by atoms with Crippen LogP contribution < -0.4 is 0 Å². The van der Waals surface area contributed by atoms with Gasteiger partial charge in [0.2, 0.25) is 0 Å². The van der Waals surface area contributed by atoms with Gasteiger partial charge in [0.05, 0.1) is 24.8 Å². The standard InChI is InChI=1S/C16H18N2O3S/c1-12-3-2-4-13(9-12)10-14-15(19)18(16(20)22-14)11-17-5-7-21-8-6-17/h2-4,9-10H,5-8,11H2,1H3/b14-10-.